The molecule has 1 unspecified atom stereocenters. The van der Waals surface area contributed by atoms with Gasteiger partial charge in [-0.1, -0.05) is 46.3 Å². The minimum absolute atomic E-state index is 0.704. The van der Waals surface area contributed by atoms with E-state index in [1.54, 1.807) is 7.11 Å². The van der Waals surface area contributed by atoms with E-state index in [9.17, 15) is 5.11 Å². The maximum absolute atomic E-state index is 10.6. The van der Waals surface area contributed by atoms with Crippen molar-refractivity contribution in [1.82, 2.24) is 0 Å². The van der Waals surface area contributed by atoms with E-state index >= 15 is 0 Å². The molecule has 3 heteroatoms. The highest BCUT2D eigenvalue weighted by Crippen LogP contribution is 2.36. The van der Waals surface area contributed by atoms with Gasteiger partial charge in [0.2, 0.25) is 0 Å². The molecule has 100 valence electrons. The van der Waals surface area contributed by atoms with E-state index in [-0.39, 0.29) is 0 Å². The van der Waals surface area contributed by atoms with Crippen LogP contribution in [0.15, 0.2) is 40.9 Å². The summed E-state index contributed by atoms with van der Waals surface area (Å²) in [5, 5.41) is 10.6. The van der Waals surface area contributed by atoms with Crippen LogP contribution in [0.25, 0.3) is 0 Å². The highest BCUT2D eigenvalue weighted by Gasteiger charge is 2.19. The Morgan fingerprint density at radius 2 is 1.74 bits per heavy atom. The van der Waals surface area contributed by atoms with Gasteiger partial charge in [0.05, 0.1) is 7.11 Å². The third-order valence-electron chi connectivity index (χ3n) is 3.41. The van der Waals surface area contributed by atoms with Gasteiger partial charge in [0.25, 0.3) is 0 Å². The van der Waals surface area contributed by atoms with Crippen LogP contribution in [0.4, 0.5) is 0 Å². The molecule has 2 nitrogen and oxygen atoms in total. The van der Waals surface area contributed by atoms with Crippen molar-refractivity contribution in [2.45, 2.75) is 20.0 Å². The van der Waals surface area contributed by atoms with E-state index in [1.807, 2.05) is 50.2 Å². The van der Waals surface area contributed by atoms with Crippen LogP contribution >= 0.6 is 15.9 Å². The Morgan fingerprint density at radius 3 is 2.37 bits per heavy atom. The van der Waals surface area contributed by atoms with Crippen molar-refractivity contribution in [3.63, 3.8) is 0 Å². The summed E-state index contributed by atoms with van der Waals surface area (Å²) in [6.45, 7) is 4.04. The number of hydrogen-bond acceptors (Lipinski definition) is 2. The molecular weight excluding hydrogens is 304 g/mol. The molecule has 1 N–H and O–H groups in total. The van der Waals surface area contributed by atoms with Crippen LogP contribution in [0.2, 0.25) is 0 Å². The van der Waals surface area contributed by atoms with E-state index in [2.05, 4.69) is 15.9 Å². The molecule has 0 aromatic heterocycles. The Balaban J connectivity index is 2.53. The molecule has 0 saturated heterocycles. The summed E-state index contributed by atoms with van der Waals surface area (Å²) in [6.07, 6.45) is -0.704. The van der Waals surface area contributed by atoms with Gasteiger partial charge in [0.15, 0.2) is 0 Å². The van der Waals surface area contributed by atoms with Gasteiger partial charge < -0.3 is 9.84 Å². The van der Waals surface area contributed by atoms with Gasteiger partial charge in [-0.25, -0.2) is 0 Å². The lowest BCUT2D eigenvalue weighted by atomic mass is 9.96. The van der Waals surface area contributed by atoms with Crippen molar-refractivity contribution in [2.75, 3.05) is 7.11 Å². The topological polar surface area (TPSA) is 29.5 Å². The average Bonchev–Trinajstić information content (AvgIpc) is 2.41. The van der Waals surface area contributed by atoms with Crippen molar-refractivity contribution in [2.24, 2.45) is 0 Å². The molecule has 0 aliphatic carbocycles. The zero-order chi connectivity index (χ0) is 14.0. The Bertz CT molecular complexity index is 593. The summed E-state index contributed by atoms with van der Waals surface area (Å²) >= 11 is 3.47. The zero-order valence-corrected chi connectivity index (χ0v) is 12.9. The number of rotatable bonds is 3. The maximum atomic E-state index is 10.6. The number of aryl methyl sites for hydroxylation is 1. The number of ether oxygens (including phenoxy) is 1. The fourth-order valence-corrected chi connectivity index (χ4v) is 2.66. The van der Waals surface area contributed by atoms with Crippen molar-refractivity contribution >= 4 is 15.9 Å². The molecule has 0 bridgehead atoms. The standard InChI is InChI=1S/C16H17BrO2/c1-10-8-9-13(16(19-3)11(10)2)15(18)12-6-4-5-7-14(12)17/h4-9,15,18H,1-3H3. The molecule has 2 aromatic carbocycles. The fraction of sp³-hybridized carbons (Fsp3) is 0.250. The second-order valence-corrected chi connectivity index (χ2v) is 5.41. The number of aliphatic hydroxyl groups is 1. The predicted molar refractivity (Wildman–Crippen MR) is 80.7 cm³/mol. The summed E-state index contributed by atoms with van der Waals surface area (Å²) in [7, 11) is 1.64. The van der Waals surface area contributed by atoms with E-state index in [0.717, 1.165) is 32.5 Å². The van der Waals surface area contributed by atoms with Crippen LogP contribution in [-0.4, -0.2) is 12.2 Å². The van der Waals surface area contributed by atoms with Crippen LogP contribution in [0.5, 0.6) is 5.75 Å². The van der Waals surface area contributed by atoms with Gasteiger partial charge >= 0.3 is 0 Å². The Hall–Kier alpha value is -1.32. The average molecular weight is 321 g/mol. The second-order valence-electron chi connectivity index (χ2n) is 4.55. The van der Waals surface area contributed by atoms with Crippen molar-refractivity contribution < 1.29 is 9.84 Å². The maximum Gasteiger partial charge on any atom is 0.128 e. The lowest BCUT2D eigenvalue weighted by molar-refractivity contribution is 0.213. The first-order chi connectivity index (χ1) is 9.06. The molecular formula is C16H17BrO2. The van der Waals surface area contributed by atoms with Crippen LogP contribution in [0.3, 0.4) is 0 Å². The third-order valence-corrected chi connectivity index (χ3v) is 4.13. The van der Waals surface area contributed by atoms with Crippen LogP contribution < -0.4 is 4.74 Å². The van der Waals surface area contributed by atoms with Crippen molar-refractivity contribution in [3.05, 3.63) is 63.1 Å². The molecule has 0 fully saturated rings. The lowest BCUT2D eigenvalue weighted by Crippen LogP contribution is -2.05. The highest BCUT2D eigenvalue weighted by molar-refractivity contribution is 9.10. The number of benzene rings is 2. The predicted octanol–water partition coefficient (Wildman–Crippen LogP) is 4.16. The molecule has 19 heavy (non-hydrogen) atoms. The molecule has 1 atom stereocenters. The third kappa shape index (κ3) is 2.67. The molecule has 0 saturated carbocycles. The van der Waals surface area contributed by atoms with E-state index in [1.165, 1.54) is 0 Å². The minimum atomic E-state index is -0.704. The first-order valence-corrected chi connectivity index (χ1v) is 6.92. The lowest BCUT2D eigenvalue weighted by Gasteiger charge is -2.19. The number of aliphatic hydroxyl groups excluding tert-OH is 1. The number of methoxy groups -OCH3 is 1. The van der Waals surface area contributed by atoms with E-state index < -0.39 is 6.10 Å². The summed E-state index contributed by atoms with van der Waals surface area (Å²) in [5.41, 5.74) is 3.84. The summed E-state index contributed by atoms with van der Waals surface area (Å²) in [5.74, 6) is 0.753. The Morgan fingerprint density at radius 1 is 1.05 bits per heavy atom. The van der Waals surface area contributed by atoms with E-state index in [4.69, 9.17) is 4.74 Å². The zero-order valence-electron chi connectivity index (χ0n) is 11.3. The van der Waals surface area contributed by atoms with Gasteiger partial charge in [-0.15, -0.1) is 0 Å². The summed E-state index contributed by atoms with van der Waals surface area (Å²) in [4.78, 5) is 0. The van der Waals surface area contributed by atoms with Gasteiger partial charge in [0.1, 0.15) is 11.9 Å². The molecule has 2 rings (SSSR count). The molecule has 0 heterocycles. The minimum Gasteiger partial charge on any atom is -0.496 e. The van der Waals surface area contributed by atoms with Crippen molar-refractivity contribution in [3.8, 4) is 5.75 Å². The molecule has 0 spiro atoms. The smallest absolute Gasteiger partial charge is 0.128 e. The van der Waals surface area contributed by atoms with Gasteiger partial charge in [0, 0.05) is 10.0 Å². The first kappa shape index (κ1) is 14.1. The number of hydrogen-bond donors (Lipinski definition) is 1. The van der Waals surface area contributed by atoms with Crippen LogP contribution in [0, 0.1) is 13.8 Å². The van der Waals surface area contributed by atoms with Crippen molar-refractivity contribution in [1.29, 1.82) is 0 Å². The van der Waals surface area contributed by atoms with E-state index in [0.29, 0.717) is 0 Å². The highest BCUT2D eigenvalue weighted by atomic mass is 79.9. The number of halogens is 1. The second kappa shape index (κ2) is 5.76. The summed E-state index contributed by atoms with van der Waals surface area (Å²) < 4.78 is 6.36. The van der Waals surface area contributed by atoms with Gasteiger partial charge in [-0.05, 0) is 36.6 Å². The van der Waals surface area contributed by atoms with Crippen LogP contribution in [-0.2, 0) is 0 Å². The fourth-order valence-electron chi connectivity index (χ4n) is 2.16. The summed E-state index contributed by atoms with van der Waals surface area (Å²) in [6, 6.07) is 11.6. The Kier molecular flexibility index (Phi) is 4.27. The molecule has 0 aliphatic rings. The monoisotopic (exact) mass is 320 g/mol. The Labute approximate surface area is 122 Å². The first-order valence-electron chi connectivity index (χ1n) is 6.12. The van der Waals surface area contributed by atoms with Crippen LogP contribution in [0.1, 0.15) is 28.4 Å². The quantitative estimate of drug-likeness (QED) is 0.920. The molecule has 0 aliphatic heterocycles. The van der Waals surface area contributed by atoms with Gasteiger partial charge in [-0.2, -0.15) is 0 Å². The van der Waals surface area contributed by atoms with Gasteiger partial charge in [-0.3, -0.25) is 0 Å². The normalized spacial score (nSPS) is 12.3. The largest absolute Gasteiger partial charge is 0.496 e. The molecule has 2 aromatic rings. The SMILES string of the molecule is COc1c(C(O)c2ccccc2Br)ccc(C)c1C. The molecule has 0 radical (unpaired) electrons. The molecule has 0 amide bonds.